The Morgan fingerprint density at radius 3 is 2.40 bits per heavy atom. The summed E-state index contributed by atoms with van der Waals surface area (Å²) in [5.41, 5.74) is 2.85. The largest absolute Gasteiger partial charge is 0.494 e. The van der Waals surface area contributed by atoms with Crippen molar-refractivity contribution >= 4 is 16.9 Å². The zero-order valence-electron chi connectivity index (χ0n) is 18.2. The zero-order valence-corrected chi connectivity index (χ0v) is 18.2. The van der Waals surface area contributed by atoms with Crippen molar-refractivity contribution < 1.29 is 18.7 Å². The van der Waals surface area contributed by atoms with E-state index in [4.69, 9.17) is 13.9 Å². The molecule has 3 rings (SSSR count). The molecule has 0 aliphatic heterocycles. The molecule has 1 heterocycles. The fourth-order valence-corrected chi connectivity index (χ4v) is 3.24. The van der Waals surface area contributed by atoms with Gasteiger partial charge in [0.2, 0.25) is 0 Å². The van der Waals surface area contributed by atoms with Gasteiger partial charge in [-0.15, -0.1) is 0 Å². The first-order valence-corrected chi connectivity index (χ1v) is 10.1. The van der Waals surface area contributed by atoms with Crippen molar-refractivity contribution in [3.05, 3.63) is 69.6 Å². The normalized spacial score (nSPS) is 11.5. The highest BCUT2D eigenvalue weighted by molar-refractivity contribution is 5.85. The summed E-state index contributed by atoms with van der Waals surface area (Å²) >= 11 is 0. The summed E-state index contributed by atoms with van der Waals surface area (Å²) in [5.74, 6) is 0.839. The molecule has 1 aromatic heterocycles. The number of aryl methyl sites for hydroxylation is 2. The van der Waals surface area contributed by atoms with Crippen LogP contribution in [0.25, 0.3) is 11.0 Å². The predicted molar refractivity (Wildman–Crippen MR) is 117 cm³/mol. The molecule has 0 bridgehead atoms. The lowest BCUT2D eigenvalue weighted by Crippen LogP contribution is -2.11. The van der Waals surface area contributed by atoms with E-state index in [1.807, 2.05) is 19.1 Å². The minimum absolute atomic E-state index is 0.102. The van der Waals surface area contributed by atoms with Gasteiger partial charge in [0.15, 0.2) is 0 Å². The lowest BCUT2D eigenvalue weighted by atomic mass is 9.87. The molecule has 0 aliphatic rings. The Morgan fingerprint density at radius 2 is 1.73 bits per heavy atom. The van der Waals surface area contributed by atoms with Crippen molar-refractivity contribution in [3.8, 4) is 11.5 Å². The highest BCUT2D eigenvalue weighted by Gasteiger charge is 2.14. The van der Waals surface area contributed by atoms with Crippen LogP contribution in [0.3, 0.4) is 0 Å². The summed E-state index contributed by atoms with van der Waals surface area (Å²) in [4.78, 5) is 23.9. The van der Waals surface area contributed by atoms with Gasteiger partial charge in [0.25, 0.3) is 0 Å². The molecule has 0 N–H and O–H groups in total. The molecule has 0 radical (unpaired) electrons. The number of benzene rings is 2. The summed E-state index contributed by atoms with van der Waals surface area (Å²) in [6.45, 7) is 10.6. The minimum atomic E-state index is -0.417. The van der Waals surface area contributed by atoms with E-state index < -0.39 is 5.63 Å². The summed E-state index contributed by atoms with van der Waals surface area (Å²) in [6, 6.07) is 13.0. The molecule has 0 spiro atoms. The second kappa shape index (κ2) is 8.74. The molecule has 0 unspecified atom stereocenters. The molecular weight excluding hydrogens is 380 g/mol. The first kappa shape index (κ1) is 21.6. The minimum Gasteiger partial charge on any atom is -0.494 e. The molecule has 158 valence electrons. The summed E-state index contributed by atoms with van der Waals surface area (Å²) in [7, 11) is 0. The second-order valence-electron chi connectivity index (χ2n) is 8.51. The van der Waals surface area contributed by atoms with Gasteiger partial charge in [-0.25, -0.2) is 4.79 Å². The van der Waals surface area contributed by atoms with Crippen LogP contribution in [-0.4, -0.2) is 12.6 Å². The van der Waals surface area contributed by atoms with E-state index in [1.165, 1.54) is 11.6 Å². The van der Waals surface area contributed by atoms with Crippen LogP contribution >= 0.6 is 0 Å². The van der Waals surface area contributed by atoms with E-state index in [0.29, 0.717) is 29.9 Å². The maximum absolute atomic E-state index is 12.2. The summed E-state index contributed by atoms with van der Waals surface area (Å²) in [6.07, 6.45) is 0.774. The van der Waals surface area contributed by atoms with E-state index in [1.54, 1.807) is 19.1 Å². The maximum atomic E-state index is 12.2. The molecule has 0 aliphatic carbocycles. The molecule has 3 aromatic rings. The van der Waals surface area contributed by atoms with Crippen LogP contribution in [0, 0.1) is 13.8 Å². The van der Waals surface area contributed by atoms with Gasteiger partial charge in [-0.1, -0.05) is 32.9 Å². The number of hydrogen-bond donors (Lipinski definition) is 0. The van der Waals surface area contributed by atoms with Crippen molar-refractivity contribution in [3.63, 3.8) is 0 Å². The first-order chi connectivity index (χ1) is 14.1. The van der Waals surface area contributed by atoms with Crippen LogP contribution in [0.5, 0.6) is 11.5 Å². The van der Waals surface area contributed by atoms with Crippen LogP contribution in [0.4, 0.5) is 0 Å². The van der Waals surface area contributed by atoms with Gasteiger partial charge in [-0.2, -0.15) is 0 Å². The molecule has 5 heteroatoms. The second-order valence-corrected chi connectivity index (χ2v) is 8.51. The number of fused-ring (bicyclic) bond motifs is 1. The molecule has 2 aromatic carbocycles. The third-order valence-corrected chi connectivity index (χ3v) is 5.06. The van der Waals surface area contributed by atoms with Crippen molar-refractivity contribution in [1.29, 1.82) is 0 Å². The molecule has 0 saturated carbocycles. The van der Waals surface area contributed by atoms with Gasteiger partial charge >= 0.3 is 11.6 Å². The molecular formula is C25H28O5. The number of rotatable bonds is 6. The summed E-state index contributed by atoms with van der Waals surface area (Å²) in [5, 5.41) is 0.831. The number of ether oxygens (including phenoxy) is 2. The van der Waals surface area contributed by atoms with Gasteiger partial charge in [0.05, 0.1) is 6.61 Å². The van der Waals surface area contributed by atoms with E-state index in [2.05, 4.69) is 32.9 Å². The lowest BCUT2D eigenvalue weighted by Gasteiger charge is -2.19. The standard InChI is InChI=1S/C25H28O5/c1-16-15-23(27)30-24-17(2)21(13-12-20(16)24)29-22(26)7-6-14-28-19-10-8-18(9-11-19)25(3,4)5/h8-13,15H,6-7,14H2,1-5H3. The third kappa shape index (κ3) is 5.09. The van der Waals surface area contributed by atoms with Gasteiger partial charge < -0.3 is 13.9 Å². The quantitative estimate of drug-likeness (QED) is 0.234. The van der Waals surface area contributed by atoms with Gasteiger partial charge in [-0.05, 0) is 61.1 Å². The number of carbonyl (C=O) groups excluding carboxylic acids is 1. The molecule has 30 heavy (non-hydrogen) atoms. The zero-order chi connectivity index (χ0) is 21.9. The fraction of sp³-hybridized carbons (Fsp3) is 0.360. The van der Waals surface area contributed by atoms with Gasteiger partial charge in [0.1, 0.15) is 17.1 Å². The Kier molecular flexibility index (Phi) is 6.30. The highest BCUT2D eigenvalue weighted by atomic mass is 16.5. The van der Waals surface area contributed by atoms with Gasteiger partial charge in [-0.3, -0.25) is 4.79 Å². The van der Waals surface area contributed by atoms with Crippen LogP contribution in [0.1, 0.15) is 50.3 Å². The lowest BCUT2D eigenvalue weighted by molar-refractivity contribution is -0.134. The van der Waals surface area contributed by atoms with E-state index in [0.717, 1.165) is 16.7 Å². The topological polar surface area (TPSA) is 65.7 Å². The predicted octanol–water partition coefficient (Wildman–Crippen LogP) is 5.47. The Hall–Kier alpha value is -3.08. The van der Waals surface area contributed by atoms with Crippen molar-refractivity contribution in [2.24, 2.45) is 0 Å². The smallest absolute Gasteiger partial charge is 0.336 e. The maximum Gasteiger partial charge on any atom is 0.336 e. The number of hydrogen-bond acceptors (Lipinski definition) is 5. The Morgan fingerprint density at radius 1 is 1.03 bits per heavy atom. The van der Waals surface area contributed by atoms with E-state index in [-0.39, 0.29) is 17.8 Å². The highest BCUT2D eigenvalue weighted by Crippen LogP contribution is 2.28. The van der Waals surface area contributed by atoms with Crippen LogP contribution in [0.15, 0.2) is 51.7 Å². The average molecular weight is 408 g/mol. The van der Waals surface area contributed by atoms with Crippen LogP contribution in [-0.2, 0) is 10.2 Å². The molecule has 5 nitrogen and oxygen atoms in total. The first-order valence-electron chi connectivity index (χ1n) is 10.1. The molecule has 0 atom stereocenters. The molecule has 0 fully saturated rings. The average Bonchev–Trinajstić information content (AvgIpc) is 2.67. The number of carbonyl (C=O) groups is 1. The third-order valence-electron chi connectivity index (χ3n) is 5.06. The van der Waals surface area contributed by atoms with E-state index >= 15 is 0 Å². The molecule has 0 amide bonds. The Bertz CT molecular complexity index is 1100. The van der Waals surface area contributed by atoms with Crippen molar-refractivity contribution in [2.45, 2.75) is 52.9 Å². The van der Waals surface area contributed by atoms with Crippen LogP contribution < -0.4 is 15.1 Å². The van der Waals surface area contributed by atoms with E-state index in [9.17, 15) is 9.59 Å². The van der Waals surface area contributed by atoms with Crippen LogP contribution in [0.2, 0.25) is 0 Å². The summed E-state index contributed by atoms with van der Waals surface area (Å²) < 4.78 is 16.5. The Labute approximate surface area is 176 Å². The SMILES string of the molecule is Cc1cc(=O)oc2c(C)c(OC(=O)CCCOc3ccc(C(C)(C)C)cc3)ccc12. The number of esters is 1. The molecule has 0 saturated heterocycles. The monoisotopic (exact) mass is 408 g/mol. The van der Waals surface area contributed by atoms with Crippen molar-refractivity contribution in [1.82, 2.24) is 0 Å². The van der Waals surface area contributed by atoms with Crippen molar-refractivity contribution in [2.75, 3.05) is 6.61 Å². The fourth-order valence-electron chi connectivity index (χ4n) is 3.24. The van der Waals surface area contributed by atoms with Gasteiger partial charge in [0, 0.05) is 23.4 Å². The Balaban J connectivity index is 1.54.